The van der Waals surface area contributed by atoms with Gasteiger partial charge >= 0.3 is 0 Å². The number of nitrogens with one attached hydrogen (secondary N) is 1. The molecule has 0 bridgehead atoms. The van der Waals surface area contributed by atoms with Gasteiger partial charge in [-0.15, -0.1) is 0 Å². The second-order valence-corrected chi connectivity index (χ2v) is 6.67. The van der Waals surface area contributed by atoms with Crippen LogP contribution in [-0.4, -0.2) is 36.3 Å². The molecule has 1 saturated carbocycles. The molecule has 1 spiro atoms. The van der Waals surface area contributed by atoms with Crippen molar-refractivity contribution in [3.8, 4) is 0 Å². The second kappa shape index (κ2) is 6.51. The Hall–Kier alpha value is -1.84. The summed E-state index contributed by atoms with van der Waals surface area (Å²) in [5.41, 5.74) is 0.970. The highest BCUT2D eigenvalue weighted by molar-refractivity contribution is 5.96. The fourth-order valence-electron chi connectivity index (χ4n) is 3.82. The fraction of sp³-hybridized carbons (Fsp3) is 0.556. The Morgan fingerprint density at radius 2 is 1.77 bits per heavy atom. The number of carbonyl (C=O) groups excluding carboxylic acids is 2. The Morgan fingerprint density at radius 1 is 1.05 bits per heavy atom. The van der Waals surface area contributed by atoms with Gasteiger partial charge in [-0.05, 0) is 36.8 Å². The van der Waals surface area contributed by atoms with Crippen molar-refractivity contribution in [3.05, 3.63) is 35.9 Å². The maximum atomic E-state index is 12.3. The molecule has 2 fully saturated rings. The largest absolute Gasteiger partial charge is 0.343 e. The van der Waals surface area contributed by atoms with E-state index < -0.39 is 0 Å². The molecule has 0 aromatic heterocycles. The number of nitrogens with zero attached hydrogens (tertiary/aromatic N) is 1. The monoisotopic (exact) mass is 300 g/mol. The number of amides is 2. The van der Waals surface area contributed by atoms with Gasteiger partial charge in [0.25, 0.3) is 5.91 Å². The second-order valence-electron chi connectivity index (χ2n) is 6.67. The Bertz CT molecular complexity index is 535. The van der Waals surface area contributed by atoms with E-state index in [9.17, 15) is 9.59 Å². The lowest BCUT2D eigenvalue weighted by Crippen LogP contribution is -2.40. The zero-order chi connectivity index (χ0) is 15.4. The van der Waals surface area contributed by atoms with Gasteiger partial charge in [0.1, 0.15) is 0 Å². The van der Waals surface area contributed by atoms with Gasteiger partial charge in [0.2, 0.25) is 5.91 Å². The highest BCUT2D eigenvalue weighted by Crippen LogP contribution is 2.43. The van der Waals surface area contributed by atoms with Gasteiger partial charge in [-0.25, -0.2) is 0 Å². The number of likely N-dealkylation sites (tertiary alicyclic amines) is 1. The highest BCUT2D eigenvalue weighted by Gasteiger charge is 2.40. The lowest BCUT2D eigenvalue weighted by molar-refractivity contribution is -0.129. The maximum Gasteiger partial charge on any atom is 0.251 e. The number of rotatable bonds is 3. The minimum absolute atomic E-state index is 0.0479. The van der Waals surface area contributed by atoms with Crippen LogP contribution in [-0.2, 0) is 4.79 Å². The Kier molecular flexibility index (Phi) is 4.46. The van der Waals surface area contributed by atoms with Crippen LogP contribution in [0.25, 0.3) is 0 Å². The van der Waals surface area contributed by atoms with E-state index in [1.54, 1.807) is 12.1 Å². The van der Waals surface area contributed by atoms with Crippen LogP contribution in [0.2, 0.25) is 0 Å². The highest BCUT2D eigenvalue weighted by atomic mass is 16.2. The lowest BCUT2D eigenvalue weighted by atomic mass is 9.73. The summed E-state index contributed by atoms with van der Waals surface area (Å²) in [4.78, 5) is 26.2. The molecule has 2 amide bonds. The van der Waals surface area contributed by atoms with Crippen molar-refractivity contribution in [1.29, 1.82) is 0 Å². The fourth-order valence-corrected chi connectivity index (χ4v) is 3.82. The van der Waals surface area contributed by atoms with Crippen molar-refractivity contribution in [1.82, 2.24) is 10.2 Å². The first-order valence-corrected chi connectivity index (χ1v) is 8.30. The summed E-state index contributed by atoms with van der Waals surface area (Å²) in [7, 11) is 0. The Balaban J connectivity index is 1.49. The van der Waals surface area contributed by atoms with Crippen LogP contribution in [0, 0.1) is 5.41 Å². The molecular formula is C18H24N2O2. The van der Waals surface area contributed by atoms with Gasteiger partial charge in [-0.1, -0.05) is 37.5 Å². The third-order valence-electron chi connectivity index (χ3n) is 5.14. The molecule has 4 nitrogen and oxygen atoms in total. The number of hydrogen-bond acceptors (Lipinski definition) is 2. The average molecular weight is 300 g/mol. The van der Waals surface area contributed by atoms with E-state index in [1.807, 2.05) is 23.1 Å². The maximum absolute atomic E-state index is 12.3. The minimum Gasteiger partial charge on any atom is -0.343 e. The van der Waals surface area contributed by atoms with E-state index in [2.05, 4.69) is 5.32 Å². The molecular weight excluding hydrogens is 276 g/mol. The third kappa shape index (κ3) is 3.32. The lowest BCUT2D eigenvalue weighted by Gasteiger charge is -2.33. The van der Waals surface area contributed by atoms with Crippen LogP contribution in [0.15, 0.2) is 30.3 Å². The topological polar surface area (TPSA) is 49.4 Å². The molecule has 1 aliphatic carbocycles. The molecule has 1 saturated heterocycles. The first-order chi connectivity index (χ1) is 10.7. The van der Waals surface area contributed by atoms with Gasteiger partial charge in [-0.2, -0.15) is 0 Å². The van der Waals surface area contributed by atoms with E-state index in [0.717, 1.165) is 19.5 Å². The first kappa shape index (κ1) is 15.1. The molecule has 0 unspecified atom stereocenters. The minimum atomic E-state index is -0.180. The summed E-state index contributed by atoms with van der Waals surface area (Å²) in [5, 5.41) is 2.74. The van der Waals surface area contributed by atoms with Crippen LogP contribution in [0.1, 0.15) is 48.9 Å². The first-order valence-electron chi connectivity index (χ1n) is 8.30. The summed E-state index contributed by atoms with van der Waals surface area (Å²) in [6, 6.07) is 9.03. The van der Waals surface area contributed by atoms with Crippen molar-refractivity contribution in [2.45, 2.75) is 38.5 Å². The summed E-state index contributed by atoms with van der Waals surface area (Å²) in [6.07, 6.45) is 7.58. The van der Waals surface area contributed by atoms with E-state index in [4.69, 9.17) is 0 Å². The van der Waals surface area contributed by atoms with Crippen LogP contribution in [0.3, 0.4) is 0 Å². The number of hydrogen-bond donors (Lipinski definition) is 1. The van der Waals surface area contributed by atoms with Crippen molar-refractivity contribution in [3.63, 3.8) is 0 Å². The molecule has 3 rings (SSSR count). The molecule has 0 radical (unpaired) electrons. The molecule has 22 heavy (non-hydrogen) atoms. The van der Waals surface area contributed by atoms with Crippen LogP contribution in [0.4, 0.5) is 0 Å². The SMILES string of the molecule is O=C(NCC(=O)N1CCC2(CCCCC2)C1)c1ccccc1. The predicted octanol–water partition coefficient (Wildman–Crippen LogP) is 2.60. The van der Waals surface area contributed by atoms with Gasteiger partial charge < -0.3 is 10.2 Å². The molecule has 2 aliphatic rings. The standard InChI is InChI=1S/C18H24N2O2/c21-16(13-19-17(22)15-7-3-1-4-8-15)20-12-11-18(14-20)9-5-2-6-10-18/h1,3-4,7-8H,2,5-6,9-14H2,(H,19,22). The average Bonchev–Trinajstić information content (AvgIpc) is 2.97. The molecule has 1 aliphatic heterocycles. The normalized spacial score (nSPS) is 20.1. The van der Waals surface area contributed by atoms with E-state index >= 15 is 0 Å². The number of benzene rings is 1. The Morgan fingerprint density at radius 3 is 2.50 bits per heavy atom. The van der Waals surface area contributed by atoms with E-state index in [0.29, 0.717) is 11.0 Å². The summed E-state index contributed by atoms with van der Waals surface area (Å²) in [5.74, 6) is -0.132. The van der Waals surface area contributed by atoms with Gasteiger partial charge in [0, 0.05) is 18.7 Å². The van der Waals surface area contributed by atoms with Crippen LogP contribution in [0.5, 0.6) is 0 Å². The zero-order valence-corrected chi connectivity index (χ0v) is 13.0. The summed E-state index contributed by atoms with van der Waals surface area (Å²) in [6.45, 7) is 1.83. The van der Waals surface area contributed by atoms with Gasteiger partial charge in [-0.3, -0.25) is 9.59 Å². The van der Waals surface area contributed by atoms with Crippen molar-refractivity contribution < 1.29 is 9.59 Å². The van der Waals surface area contributed by atoms with Crippen molar-refractivity contribution in [2.24, 2.45) is 5.41 Å². The van der Waals surface area contributed by atoms with E-state index in [-0.39, 0.29) is 18.4 Å². The molecule has 1 heterocycles. The van der Waals surface area contributed by atoms with Crippen LogP contribution >= 0.6 is 0 Å². The van der Waals surface area contributed by atoms with Crippen LogP contribution < -0.4 is 5.32 Å². The van der Waals surface area contributed by atoms with Crippen molar-refractivity contribution in [2.75, 3.05) is 19.6 Å². The van der Waals surface area contributed by atoms with Gasteiger partial charge in [0.15, 0.2) is 0 Å². The third-order valence-corrected chi connectivity index (χ3v) is 5.14. The van der Waals surface area contributed by atoms with Gasteiger partial charge in [0.05, 0.1) is 6.54 Å². The molecule has 118 valence electrons. The van der Waals surface area contributed by atoms with E-state index in [1.165, 1.54) is 32.1 Å². The smallest absolute Gasteiger partial charge is 0.251 e. The predicted molar refractivity (Wildman–Crippen MR) is 85.5 cm³/mol. The molecule has 4 heteroatoms. The number of carbonyl (C=O) groups is 2. The molecule has 1 aromatic carbocycles. The quantitative estimate of drug-likeness (QED) is 0.933. The Labute approximate surface area is 131 Å². The summed E-state index contributed by atoms with van der Waals surface area (Å²) >= 11 is 0. The molecule has 1 aromatic rings. The summed E-state index contributed by atoms with van der Waals surface area (Å²) < 4.78 is 0. The molecule has 0 atom stereocenters. The molecule has 1 N–H and O–H groups in total. The van der Waals surface area contributed by atoms with Crippen molar-refractivity contribution >= 4 is 11.8 Å². The zero-order valence-electron chi connectivity index (χ0n) is 13.0.